The number of esters is 1. The van der Waals surface area contributed by atoms with Gasteiger partial charge in [-0.15, -0.1) is 0 Å². The number of quaternary nitrogens is 1. The lowest BCUT2D eigenvalue weighted by molar-refractivity contribution is -0.384. The zero-order valence-electron chi connectivity index (χ0n) is 18.4. The van der Waals surface area contributed by atoms with Crippen molar-refractivity contribution in [2.75, 3.05) is 27.7 Å². The van der Waals surface area contributed by atoms with Gasteiger partial charge in [-0.3, -0.25) is 14.6 Å². The van der Waals surface area contributed by atoms with Gasteiger partial charge in [0, 0.05) is 41.8 Å². The van der Waals surface area contributed by atoms with Crippen LogP contribution in [0.2, 0.25) is 0 Å². The maximum atomic E-state index is 12.3. The summed E-state index contributed by atoms with van der Waals surface area (Å²) in [5.41, 5.74) is 2.77. The summed E-state index contributed by atoms with van der Waals surface area (Å²) >= 11 is 0. The van der Waals surface area contributed by atoms with Crippen LogP contribution in [-0.4, -0.2) is 43.2 Å². The number of carbonyl (C=O) groups excluding carboxylic acids is 1. The second-order valence-electron chi connectivity index (χ2n) is 8.62. The molecule has 0 fully saturated rings. The number of hydrogen-bond acceptors (Lipinski definition) is 4. The third-order valence-corrected chi connectivity index (χ3v) is 5.35. The molecule has 0 bridgehead atoms. The zero-order valence-corrected chi connectivity index (χ0v) is 18.4. The van der Waals surface area contributed by atoms with E-state index in [0.717, 1.165) is 48.8 Å². The molecule has 0 aliphatic rings. The van der Waals surface area contributed by atoms with E-state index < -0.39 is 0 Å². The SMILES string of the molecule is C[N+](C)(C)c1cccc(C(=O)OCCCCCCn2ccc3cc([N+](=O)[O-])ccc32)c1. The van der Waals surface area contributed by atoms with Crippen molar-refractivity contribution in [2.45, 2.75) is 32.2 Å². The van der Waals surface area contributed by atoms with Gasteiger partial charge in [-0.25, -0.2) is 4.79 Å². The van der Waals surface area contributed by atoms with Crippen molar-refractivity contribution >= 4 is 28.2 Å². The van der Waals surface area contributed by atoms with Gasteiger partial charge in [0.15, 0.2) is 0 Å². The monoisotopic (exact) mass is 424 g/mol. The molecule has 7 nitrogen and oxygen atoms in total. The third-order valence-electron chi connectivity index (χ3n) is 5.35. The number of fused-ring (bicyclic) bond motifs is 1. The Morgan fingerprint density at radius 3 is 2.55 bits per heavy atom. The number of non-ortho nitro benzene ring substituents is 1. The van der Waals surface area contributed by atoms with E-state index in [9.17, 15) is 14.9 Å². The molecule has 1 heterocycles. The molecule has 2 aromatic carbocycles. The van der Waals surface area contributed by atoms with Gasteiger partial charge >= 0.3 is 5.97 Å². The number of aromatic nitrogens is 1. The Morgan fingerprint density at radius 1 is 1.03 bits per heavy atom. The van der Waals surface area contributed by atoms with Gasteiger partial charge in [0.2, 0.25) is 0 Å². The van der Waals surface area contributed by atoms with Crippen LogP contribution in [0.4, 0.5) is 11.4 Å². The third kappa shape index (κ3) is 5.92. The molecule has 0 unspecified atom stereocenters. The van der Waals surface area contributed by atoms with Crippen LogP contribution in [-0.2, 0) is 11.3 Å². The van der Waals surface area contributed by atoms with Crippen LogP contribution >= 0.6 is 0 Å². The minimum absolute atomic E-state index is 0.115. The second-order valence-corrected chi connectivity index (χ2v) is 8.62. The summed E-state index contributed by atoms with van der Waals surface area (Å²) in [5.74, 6) is -0.275. The number of aryl methyl sites for hydroxylation is 1. The predicted molar refractivity (Wildman–Crippen MR) is 123 cm³/mol. The molecule has 0 aliphatic heterocycles. The van der Waals surface area contributed by atoms with Gasteiger partial charge in [-0.05, 0) is 43.5 Å². The minimum Gasteiger partial charge on any atom is -0.462 e. The number of unbranched alkanes of at least 4 members (excludes halogenated alkanes) is 3. The molecule has 1 aromatic heterocycles. The highest BCUT2D eigenvalue weighted by Crippen LogP contribution is 2.22. The summed E-state index contributed by atoms with van der Waals surface area (Å²) < 4.78 is 8.20. The Hall–Kier alpha value is -3.19. The van der Waals surface area contributed by atoms with E-state index in [-0.39, 0.29) is 16.6 Å². The number of ether oxygens (including phenoxy) is 1. The largest absolute Gasteiger partial charge is 0.462 e. The summed E-state index contributed by atoms with van der Waals surface area (Å²) in [6.45, 7) is 1.28. The normalized spacial score (nSPS) is 11.6. The summed E-state index contributed by atoms with van der Waals surface area (Å²) in [5, 5.41) is 11.8. The maximum absolute atomic E-state index is 12.3. The number of nitro benzene ring substituents is 1. The topological polar surface area (TPSA) is 74.4 Å². The molecule has 31 heavy (non-hydrogen) atoms. The van der Waals surface area contributed by atoms with E-state index in [0.29, 0.717) is 16.7 Å². The Bertz CT molecular complexity index is 1070. The number of rotatable bonds is 10. The molecule has 0 N–H and O–H groups in total. The van der Waals surface area contributed by atoms with Crippen LogP contribution in [0.15, 0.2) is 54.7 Å². The predicted octanol–water partition coefficient (Wildman–Crippen LogP) is 5.16. The summed E-state index contributed by atoms with van der Waals surface area (Å²) in [6, 6.07) is 14.4. The number of nitro groups is 1. The van der Waals surface area contributed by atoms with E-state index >= 15 is 0 Å². The molecule has 0 spiro atoms. The van der Waals surface area contributed by atoms with Crippen molar-refractivity contribution in [3.63, 3.8) is 0 Å². The van der Waals surface area contributed by atoms with Crippen molar-refractivity contribution in [3.8, 4) is 0 Å². The van der Waals surface area contributed by atoms with Crippen molar-refractivity contribution in [1.82, 2.24) is 9.05 Å². The van der Waals surface area contributed by atoms with Gasteiger partial charge in [0.05, 0.1) is 38.2 Å². The first-order valence-corrected chi connectivity index (χ1v) is 10.6. The Labute approximate surface area is 182 Å². The first-order valence-electron chi connectivity index (χ1n) is 10.6. The Balaban J connectivity index is 1.38. The molecule has 7 heteroatoms. The van der Waals surface area contributed by atoms with E-state index in [4.69, 9.17) is 4.74 Å². The Morgan fingerprint density at radius 2 is 1.81 bits per heavy atom. The van der Waals surface area contributed by atoms with E-state index in [1.54, 1.807) is 24.3 Å². The first-order chi connectivity index (χ1) is 14.8. The smallest absolute Gasteiger partial charge is 0.338 e. The lowest BCUT2D eigenvalue weighted by atomic mass is 10.1. The van der Waals surface area contributed by atoms with Crippen LogP contribution in [0, 0.1) is 10.1 Å². The van der Waals surface area contributed by atoms with E-state index in [1.165, 1.54) is 0 Å². The van der Waals surface area contributed by atoms with Gasteiger partial charge in [0.1, 0.15) is 5.69 Å². The fourth-order valence-electron chi connectivity index (χ4n) is 3.53. The fraction of sp³-hybridized carbons (Fsp3) is 0.375. The molecule has 0 aliphatic carbocycles. The maximum Gasteiger partial charge on any atom is 0.338 e. The highest BCUT2D eigenvalue weighted by molar-refractivity contribution is 5.90. The zero-order chi connectivity index (χ0) is 22.4. The number of hydrogen-bond donors (Lipinski definition) is 0. The summed E-state index contributed by atoms with van der Waals surface area (Å²) in [6.07, 6.45) is 5.82. The van der Waals surface area contributed by atoms with Crippen molar-refractivity contribution < 1.29 is 14.5 Å². The van der Waals surface area contributed by atoms with Crippen LogP contribution in [0.1, 0.15) is 36.0 Å². The van der Waals surface area contributed by atoms with Crippen LogP contribution in [0.25, 0.3) is 10.9 Å². The molecule has 0 atom stereocenters. The fourth-order valence-corrected chi connectivity index (χ4v) is 3.53. The molecule has 0 saturated carbocycles. The van der Waals surface area contributed by atoms with E-state index in [1.807, 2.05) is 30.5 Å². The summed E-state index contributed by atoms with van der Waals surface area (Å²) in [4.78, 5) is 22.8. The van der Waals surface area contributed by atoms with Crippen LogP contribution < -0.4 is 4.48 Å². The molecule has 3 aromatic rings. The minimum atomic E-state index is -0.371. The van der Waals surface area contributed by atoms with Crippen LogP contribution in [0.5, 0.6) is 0 Å². The van der Waals surface area contributed by atoms with Crippen molar-refractivity contribution in [3.05, 3.63) is 70.4 Å². The molecular weight excluding hydrogens is 394 g/mol. The lowest BCUT2D eigenvalue weighted by Gasteiger charge is -2.23. The number of carbonyl (C=O) groups is 1. The van der Waals surface area contributed by atoms with Crippen molar-refractivity contribution in [2.24, 2.45) is 0 Å². The average molecular weight is 425 g/mol. The lowest BCUT2D eigenvalue weighted by Crippen LogP contribution is -2.34. The van der Waals surface area contributed by atoms with Gasteiger partial charge < -0.3 is 9.30 Å². The molecular formula is C24H30N3O4+. The highest BCUT2D eigenvalue weighted by atomic mass is 16.6. The quantitative estimate of drug-likeness (QED) is 0.148. The molecule has 3 rings (SSSR count). The number of nitrogens with zero attached hydrogens (tertiary/aromatic N) is 3. The Kier molecular flexibility index (Phi) is 7.07. The molecule has 0 radical (unpaired) electrons. The molecule has 164 valence electrons. The average Bonchev–Trinajstić information content (AvgIpc) is 3.14. The van der Waals surface area contributed by atoms with Crippen LogP contribution in [0.3, 0.4) is 0 Å². The highest BCUT2D eigenvalue weighted by Gasteiger charge is 2.15. The number of benzene rings is 2. The summed E-state index contributed by atoms with van der Waals surface area (Å²) in [7, 11) is 6.18. The second kappa shape index (κ2) is 9.75. The first kappa shape index (κ1) is 22.5. The van der Waals surface area contributed by atoms with Gasteiger partial charge in [-0.1, -0.05) is 12.5 Å². The van der Waals surface area contributed by atoms with Gasteiger partial charge in [0.25, 0.3) is 5.69 Å². The molecule has 0 saturated heterocycles. The van der Waals surface area contributed by atoms with E-state index in [2.05, 4.69) is 25.7 Å². The van der Waals surface area contributed by atoms with Crippen molar-refractivity contribution in [1.29, 1.82) is 0 Å². The van der Waals surface area contributed by atoms with Gasteiger partial charge in [-0.2, -0.15) is 0 Å². The standard InChI is InChI=1S/C24H30N3O4/c1-27(2,3)22-10-8-9-20(18-22)24(28)31-16-7-5-4-6-14-25-15-13-19-17-21(26(29)30)11-12-23(19)25/h8-13,15,17-18H,4-7,14,16H2,1-3H3/q+1. The molecule has 0 amide bonds.